The minimum Gasteiger partial charge on any atom is -0.494 e. The van der Waals surface area contributed by atoms with Crippen molar-refractivity contribution in [3.05, 3.63) is 59.7 Å². The van der Waals surface area contributed by atoms with Crippen LogP contribution in [0.15, 0.2) is 48.5 Å². The summed E-state index contributed by atoms with van der Waals surface area (Å²) >= 11 is 0. The van der Waals surface area contributed by atoms with Gasteiger partial charge in [0.1, 0.15) is 5.75 Å². The van der Waals surface area contributed by atoms with Gasteiger partial charge in [0.15, 0.2) is 0 Å². The largest absolute Gasteiger partial charge is 0.494 e. The third-order valence-corrected chi connectivity index (χ3v) is 4.19. The maximum absolute atomic E-state index is 12.4. The van der Waals surface area contributed by atoms with Crippen LogP contribution in [0.2, 0.25) is 0 Å². The molecule has 5 nitrogen and oxygen atoms in total. The lowest BCUT2D eigenvalue weighted by Crippen LogP contribution is -2.12. The molecule has 0 aliphatic rings. The highest BCUT2D eigenvalue weighted by Gasteiger charge is 2.10. The molecule has 2 aromatic rings. The summed E-state index contributed by atoms with van der Waals surface area (Å²) in [5.74, 6) is 0.678. The Kier molecular flexibility index (Phi) is 8.53. The van der Waals surface area contributed by atoms with Crippen LogP contribution in [0, 0.1) is 5.92 Å². The Morgan fingerprint density at radius 2 is 1.57 bits per heavy atom. The first-order chi connectivity index (χ1) is 13.5. The molecule has 1 amide bonds. The molecule has 0 saturated heterocycles. The lowest BCUT2D eigenvalue weighted by atomic mass is 10.1. The van der Waals surface area contributed by atoms with Gasteiger partial charge in [0.25, 0.3) is 5.91 Å². The minimum atomic E-state index is -0.350. The van der Waals surface area contributed by atoms with E-state index in [1.54, 1.807) is 48.5 Å². The number of unbranched alkanes of at least 4 members (excludes halogenated alkanes) is 1. The van der Waals surface area contributed by atoms with Crippen LogP contribution in [-0.2, 0) is 4.74 Å². The van der Waals surface area contributed by atoms with Gasteiger partial charge in [-0.3, -0.25) is 4.79 Å². The van der Waals surface area contributed by atoms with Crippen molar-refractivity contribution in [3.8, 4) is 5.75 Å². The molecule has 0 atom stereocenters. The van der Waals surface area contributed by atoms with Crippen LogP contribution < -0.4 is 10.1 Å². The van der Waals surface area contributed by atoms with Crippen LogP contribution >= 0.6 is 0 Å². The Hall–Kier alpha value is -2.82. The second-order valence-corrected chi connectivity index (χ2v) is 7.08. The number of carbonyl (C=O) groups excluding carboxylic acids is 2. The molecule has 0 unspecified atom stereocenters. The fraction of sp³-hybridized carbons (Fsp3) is 0.391. The van der Waals surface area contributed by atoms with Crippen molar-refractivity contribution >= 4 is 17.6 Å². The molecule has 150 valence electrons. The predicted molar refractivity (Wildman–Crippen MR) is 111 cm³/mol. The number of hydrogen-bond acceptors (Lipinski definition) is 4. The van der Waals surface area contributed by atoms with Gasteiger partial charge in [-0.15, -0.1) is 0 Å². The molecule has 28 heavy (non-hydrogen) atoms. The standard InChI is InChI=1S/C23H29NO4/c1-4-5-15-27-21-12-8-18(9-13-21)22(25)24-20-10-6-19(7-11-20)23(26)28-16-14-17(2)3/h6-13,17H,4-5,14-16H2,1-3H3,(H,24,25). The van der Waals surface area contributed by atoms with E-state index in [-0.39, 0.29) is 11.9 Å². The van der Waals surface area contributed by atoms with Gasteiger partial charge in [0.05, 0.1) is 18.8 Å². The van der Waals surface area contributed by atoms with Gasteiger partial charge in [-0.1, -0.05) is 27.2 Å². The van der Waals surface area contributed by atoms with E-state index in [1.165, 1.54) is 0 Å². The van der Waals surface area contributed by atoms with Gasteiger partial charge in [-0.2, -0.15) is 0 Å². The van der Waals surface area contributed by atoms with Crippen molar-refractivity contribution < 1.29 is 19.1 Å². The van der Waals surface area contributed by atoms with E-state index in [1.807, 2.05) is 0 Å². The van der Waals surface area contributed by atoms with Crippen LogP contribution in [0.5, 0.6) is 5.75 Å². The fourth-order valence-corrected chi connectivity index (χ4v) is 2.40. The molecule has 0 bridgehead atoms. The Morgan fingerprint density at radius 1 is 0.929 bits per heavy atom. The van der Waals surface area contributed by atoms with Crippen molar-refractivity contribution in [2.45, 2.75) is 40.0 Å². The van der Waals surface area contributed by atoms with Crippen LogP contribution in [0.25, 0.3) is 0 Å². The topological polar surface area (TPSA) is 64.6 Å². The Balaban J connectivity index is 1.87. The highest BCUT2D eigenvalue weighted by Crippen LogP contribution is 2.16. The summed E-state index contributed by atoms with van der Waals surface area (Å²) in [5.41, 5.74) is 1.63. The van der Waals surface area contributed by atoms with Crippen molar-refractivity contribution in [3.63, 3.8) is 0 Å². The maximum atomic E-state index is 12.4. The summed E-state index contributed by atoms with van der Waals surface area (Å²) in [7, 11) is 0. The van der Waals surface area contributed by atoms with Crippen molar-refractivity contribution in [2.24, 2.45) is 5.92 Å². The Labute approximate surface area is 167 Å². The molecule has 5 heteroatoms. The molecule has 0 aliphatic heterocycles. The average Bonchev–Trinajstić information content (AvgIpc) is 2.69. The van der Waals surface area contributed by atoms with E-state index < -0.39 is 0 Å². The highest BCUT2D eigenvalue weighted by atomic mass is 16.5. The van der Waals surface area contributed by atoms with E-state index in [4.69, 9.17) is 9.47 Å². The number of rotatable bonds is 10. The molecule has 2 aromatic carbocycles. The van der Waals surface area contributed by atoms with Crippen LogP contribution in [-0.4, -0.2) is 25.1 Å². The monoisotopic (exact) mass is 383 g/mol. The first-order valence-corrected chi connectivity index (χ1v) is 9.81. The first kappa shape index (κ1) is 21.5. The number of anilines is 1. The predicted octanol–water partition coefficient (Wildman–Crippen LogP) is 5.32. The molecule has 0 spiro atoms. The van der Waals surface area contributed by atoms with Gasteiger partial charge >= 0.3 is 5.97 Å². The van der Waals surface area contributed by atoms with E-state index in [9.17, 15) is 9.59 Å². The second-order valence-electron chi connectivity index (χ2n) is 7.08. The quantitative estimate of drug-likeness (QED) is 0.445. The number of hydrogen-bond donors (Lipinski definition) is 1. The number of benzene rings is 2. The third-order valence-electron chi connectivity index (χ3n) is 4.19. The number of esters is 1. The lowest BCUT2D eigenvalue weighted by molar-refractivity contribution is 0.0488. The summed E-state index contributed by atoms with van der Waals surface area (Å²) in [6.45, 7) is 7.36. The number of amides is 1. The summed E-state index contributed by atoms with van der Waals surface area (Å²) < 4.78 is 10.8. The molecule has 0 heterocycles. The van der Waals surface area contributed by atoms with Crippen molar-refractivity contribution in [1.82, 2.24) is 0 Å². The van der Waals surface area contributed by atoms with Crippen LogP contribution in [0.1, 0.15) is 60.7 Å². The van der Waals surface area contributed by atoms with Gasteiger partial charge in [-0.05, 0) is 67.3 Å². The molecule has 2 rings (SSSR count). The zero-order chi connectivity index (χ0) is 20.4. The van der Waals surface area contributed by atoms with Gasteiger partial charge in [0, 0.05) is 11.3 Å². The number of ether oxygens (including phenoxy) is 2. The molecule has 0 aromatic heterocycles. The summed E-state index contributed by atoms with van der Waals surface area (Å²) in [4.78, 5) is 24.4. The molecule has 0 saturated carbocycles. The molecule has 1 N–H and O–H groups in total. The Morgan fingerprint density at radius 3 is 2.18 bits per heavy atom. The zero-order valence-corrected chi connectivity index (χ0v) is 16.9. The second kappa shape index (κ2) is 11.1. The normalized spacial score (nSPS) is 10.6. The van der Waals surface area contributed by atoms with Crippen molar-refractivity contribution in [2.75, 3.05) is 18.5 Å². The van der Waals surface area contributed by atoms with E-state index in [0.29, 0.717) is 35.9 Å². The fourth-order valence-electron chi connectivity index (χ4n) is 2.40. The van der Waals surface area contributed by atoms with Gasteiger partial charge in [0.2, 0.25) is 0 Å². The Bertz CT molecular complexity index is 751. The van der Waals surface area contributed by atoms with E-state index in [2.05, 4.69) is 26.1 Å². The average molecular weight is 383 g/mol. The number of nitrogens with one attached hydrogen (secondary N) is 1. The minimum absolute atomic E-state index is 0.215. The third kappa shape index (κ3) is 7.06. The molecule has 0 aliphatic carbocycles. The SMILES string of the molecule is CCCCOc1ccc(C(=O)Nc2ccc(C(=O)OCCC(C)C)cc2)cc1. The van der Waals surface area contributed by atoms with Gasteiger partial charge in [-0.25, -0.2) is 4.79 Å². The number of carbonyl (C=O) groups is 2. The summed E-state index contributed by atoms with van der Waals surface area (Å²) in [6, 6.07) is 13.7. The molecular weight excluding hydrogens is 354 g/mol. The molecular formula is C23H29NO4. The van der Waals surface area contributed by atoms with Gasteiger partial charge < -0.3 is 14.8 Å². The van der Waals surface area contributed by atoms with Crippen LogP contribution in [0.3, 0.4) is 0 Å². The van der Waals surface area contributed by atoms with Crippen LogP contribution in [0.4, 0.5) is 5.69 Å². The maximum Gasteiger partial charge on any atom is 0.338 e. The molecule has 0 fully saturated rings. The van der Waals surface area contributed by atoms with E-state index in [0.717, 1.165) is 25.0 Å². The van der Waals surface area contributed by atoms with E-state index >= 15 is 0 Å². The summed E-state index contributed by atoms with van der Waals surface area (Å²) in [6.07, 6.45) is 2.92. The first-order valence-electron chi connectivity index (χ1n) is 9.81. The smallest absolute Gasteiger partial charge is 0.338 e. The zero-order valence-electron chi connectivity index (χ0n) is 16.9. The lowest BCUT2D eigenvalue weighted by Gasteiger charge is -2.09. The molecule has 0 radical (unpaired) electrons. The summed E-state index contributed by atoms with van der Waals surface area (Å²) in [5, 5.41) is 2.82. The van der Waals surface area contributed by atoms with Crippen molar-refractivity contribution in [1.29, 1.82) is 0 Å². The highest BCUT2D eigenvalue weighted by molar-refractivity contribution is 6.04.